The van der Waals surface area contributed by atoms with Crippen LogP contribution in [-0.4, -0.2) is 32.6 Å². The van der Waals surface area contributed by atoms with Crippen LogP contribution in [0, 0.1) is 19.8 Å². The summed E-state index contributed by atoms with van der Waals surface area (Å²) in [7, 11) is 3.07. The molecule has 2 aromatic rings. The maximum absolute atomic E-state index is 12.5. The van der Waals surface area contributed by atoms with E-state index in [9.17, 15) is 9.59 Å². The van der Waals surface area contributed by atoms with Gasteiger partial charge in [0.15, 0.2) is 0 Å². The summed E-state index contributed by atoms with van der Waals surface area (Å²) in [6.07, 6.45) is 2.45. The van der Waals surface area contributed by atoms with Crippen LogP contribution >= 0.6 is 0 Å². The number of carbonyl (C=O) groups is 2. The van der Waals surface area contributed by atoms with Crippen LogP contribution in [-0.2, 0) is 4.79 Å². The quantitative estimate of drug-likeness (QED) is 0.828. The standard InChI is InChI=1S/C22H24N2O4/c1-13-5-6-14(2)20-19(13)11-15(22(26)24-20)7-8-23-21(25)16-9-17(27-3)12-18(10-16)28-4/h5-6,9-12,15H,7-8H2,1-4H3,(H,23,25). The van der Waals surface area contributed by atoms with Crippen LogP contribution in [0.2, 0.25) is 0 Å². The van der Waals surface area contributed by atoms with Gasteiger partial charge in [0.1, 0.15) is 11.5 Å². The summed E-state index contributed by atoms with van der Waals surface area (Å²) >= 11 is 0. The molecular weight excluding hydrogens is 356 g/mol. The number of benzene rings is 2. The highest BCUT2D eigenvalue weighted by Gasteiger charge is 2.20. The van der Waals surface area contributed by atoms with Gasteiger partial charge in [-0.3, -0.25) is 9.59 Å². The molecule has 0 radical (unpaired) electrons. The van der Waals surface area contributed by atoms with E-state index in [-0.39, 0.29) is 17.7 Å². The zero-order chi connectivity index (χ0) is 20.3. The molecule has 0 saturated carbocycles. The summed E-state index contributed by atoms with van der Waals surface area (Å²) < 4.78 is 10.4. The van der Waals surface area contributed by atoms with E-state index in [0.717, 1.165) is 21.7 Å². The lowest BCUT2D eigenvalue weighted by atomic mass is 9.97. The van der Waals surface area contributed by atoms with E-state index in [1.807, 2.05) is 32.1 Å². The molecule has 2 aromatic carbocycles. The summed E-state index contributed by atoms with van der Waals surface area (Å²) in [5, 5.41) is 4.62. The van der Waals surface area contributed by atoms with E-state index >= 15 is 0 Å². The number of hydrogen-bond donors (Lipinski definition) is 1. The predicted octanol–water partition coefficient (Wildman–Crippen LogP) is 1.70. The van der Waals surface area contributed by atoms with Gasteiger partial charge >= 0.3 is 0 Å². The van der Waals surface area contributed by atoms with Crippen LogP contribution in [0.25, 0.3) is 6.08 Å². The maximum atomic E-state index is 12.5. The van der Waals surface area contributed by atoms with Crippen LogP contribution in [0.1, 0.15) is 27.9 Å². The fourth-order valence-electron chi connectivity index (χ4n) is 3.23. The number of methoxy groups -OCH3 is 2. The molecule has 2 amide bonds. The third kappa shape index (κ3) is 4.06. The number of fused-ring (bicyclic) bond motifs is 1. The third-order valence-electron chi connectivity index (χ3n) is 4.90. The Kier molecular flexibility index (Phi) is 5.78. The van der Waals surface area contributed by atoms with Crippen molar-refractivity contribution >= 4 is 17.9 Å². The number of aryl methyl sites for hydroxylation is 2. The lowest BCUT2D eigenvalue weighted by Crippen LogP contribution is -2.38. The molecule has 0 bridgehead atoms. The zero-order valence-corrected chi connectivity index (χ0v) is 16.5. The Hall–Kier alpha value is -3.15. The van der Waals surface area contributed by atoms with Gasteiger partial charge in [0.05, 0.1) is 25.5 Å². The van der Waals surface area contributed by atoms with Crippen molar-refractivity contribution in [1.29, 1.82) is 0 Å². The summed E-state index contributed by atoms with van der Waals surface area (Å²) in [6, 6.07) is 9.00. The van der Waals surface area contributed by atoms with Crippen molar-refractivity contribution in [2.75, 3.05) is 20.8 Å². The number of rotatable bonds is 6. The molecule has 1 aliphatic heterocycles. The number of hydrogen-bond acceptors (Lipinski definition) is 4. The molecule has 0 saturated heterocycles. The lowest BCUT2D eigenvalue weighted by molar-refractivity contribution is -0.120. The van der Waals surface area contributed by atoms with Crippen molar-refractivity contribution in [3.63, 3.8) is 0 Å². The molecule has 0 fully saturated rings. The topological polar surface area (TPSA) is 77.0 Å². The van der Waals surface area contributed by atoms with Crippen LogP contribution in [0.3, 0.4) is 0 Å². The third-order valence-corrected chi connectivity index (χ3v) is 4.90. The fraction of sp³-hybridized carbons (Fsp3) is 0.318. The average molecular weight is 380 g/mol. The first kappa shape index (κ1) is 19.6. The van der Waals surface area contributed by atoms with Crippen molar-refractivity contribution in [2.45, 2.75) is 20.3 Å². The highest BCUT2D eigenvalue weighted by Crippen LogP contribution is 2.22. The molecule has 0 aromatic heterocycles. The molecule has 28 heavy (non-hydrogen) atoms. The monoisotopic (exact) mass is 380 g/mol. The van der Waals surface area contributed by atoms with Crippen molar-refractivity contribution in [3.05, 3.63) is 57.6 Å². The van der Waals surface area contributed by atoms with E-state index in [2.05, 4.69) is 10.3 Å². The summed E-state index contributed by atoms with van der Waals surface area (Å²) in [5.74, 6) is 0.333. The normalized spacial score (nSPS) is 15.1. The minimum Gasteiger partial charge on any atom is -0.497 e. The first-order valence-corrected chi connectivity index (χ1v) is 9.15. The Bertz CT molecular complexity index is 1020. The summed E-state index contributed by atoms with van der Waals surface area (Å²) in [4.78, 5) is 29.1. The molecule has 1 unspecified atom stereocenters. The van der Waals surface area contributed by atoms with Gasteiger partial charge in [0.25, 0.3) is 11.8 Å². The molecule has 0 aliphatic carbocycles. The van der Waals surface area contributed by atoms with E-state index in [1.54, 1.807) is 18.2 Å². The summed E-state index contributed by atoms with van der Waals surface area (Å²) in [6.45, 7) is 4.32. The molecule has 146 valence electrons. The molecule has 1 atom stereocenters. The molecule has 3 rings (SSSR count). The minimum atomic E-state index is -0.340. The van der Waals surface area contributed by atoms with Crippen LogP contribution < -0.4 is 25.4 Å². The molecular formula is C22H24N2O4. The Morgan fingerprint density at radius 2 is 1.71 bits per heavy atom. The van der Waals surface area contributed by atoms with Crippen molar-refractivity contribution < 1.29 is 19.1 Å². The number of nitrogens with one attached hydrogen (secondary N) is 1. The molecule has 1 aliphatic rings. The smallest absolute Gasteiger partial charge is 0.253 e. The Morgan fingerprint density at radius 1 is 1.07 bits per heavy atom. The van der Waals surface area contributed by atoms with Gasteiger partial charge < -0.3 is 14.8 Å². The van der Waals surface area contributed by atoms with Crippen molar-refractivity contribution in [1.82, 2.24) is 5.32 Å². The first-order valence-electron chi connectivity index (χ1n) is 9.15. The Labute approximate surface area is 163 Å². The number of amides is 2. The van der Waals surface area contributed by atoms with E-state index in [0.29, 0.717) is 30.0 Å². The van der Waals surface area contributed by atoms with Gasteiger partial charge in [0.2, 0.25) is 0 Å². The second-order valence-corrected chi connectivity index (χ2v) is 6.83. The second kappa shape index (κ2) is 8.25. The fourth-order valence-corrected chi connectivity index (χ4v) is 3.23. The average Bonchev–Trinajstić information content (AvgIpc) is 2.71. The van der Waals surface area contributed by atoms with E-state index in [1.165, 1.54) is 14.2 Å². The molecule has 6 nitrogen and oxygen atoms in total. The van der Waals surface area contributed by atoms with Crippen LogP contribution in [0.5, 0.6) is 11.5 Å². The molecule has 6 heteroatoms. The van der Waals surface area contributed by atoms with Crippen molar-refractivity contribution in [3.8, 4) is 11.5 Å². The molecule has 1 N–H and O–H groups in total. The highest BCUT2D eigenvalue weighted by molar-refractivity contribution is 5.95. The van der Waals surface area contributed by atoms with Gasteiger partial charge in [-0.15, -0.1) is 0 Å². The SMILES string of the molecule is COc1cc(OC)cc(C(=O)NCCC2C=c3c(C)ccc(C)c3=NC2=O)c1. The van der Waals surface area contributed by atoms with Gasteiger partial charge in [-0.2, -0.15) is 0 Å². The number of ether oxygens (including phenoxy) is 2. The number of nitrogens with zero attached hydrogens (tertiary/aromatic N) is 1. The van der Waals surface area contributed by atoms with Gasteiger partial charge in [-0.05, 0) is 43.5 Å². The largest absolute Gasteiger partial charge is 0.497 e. The predicted molar refractivity (Wildman–Crippen MR) is 106 cm³/mol. The lowest BCUT2D eigenvalue weighted by Gasteiger charge is -2.15. The first-order chi connectivity index (χ1) is 13.4. The van der Waals surface area contributed by atoms with Crippen LogP contribution in [0.4, 0.5) is 0 Å². The second-order valence-electron chi connectivity index (χ2n) is 6.83. The number of carbonyl (C=O) groups excluding carboxylic acids is 2. The summed E-state index contributed by atoms with van der Waals surface area (Å²) in [5.41, 5.74) is 2.52. The van der Waals surface area contributed by atoms with Crippen molar-refractivity contribution in [2.24, 2.45) is 10.9 Å². The maximum Gasteiger partial charge on any atom is 0.253 e. The zero-order valence-electron chi connectivity index (χ0n) is 16.5. The van der Waals surface area contributed by atoms with E-state index in [4.69, 9.17) is 9.47 Å². The molecule has 0 spiro atoms. The minimum absolute atomic E-state index is 0.168. The van der Waals surface area contributed by atoms with Gasteiger partial charge in [-0.25, -0.2) is 4.99 Å². The Balaban J connectivity index is 1.70. The van der Waals surface area contributed by atoms with Crippen LogP contribution in [0.15, 0.2) is 35.3 Å². The van der Waals surface area contributed by atoms with E-state index < -0.39 is 0 Å². The Morgan fingerprint density at radius 3 is 2.36 bits per heavy atom. The molecule has 1 heterocycles. The highest BCUT2D eigenvalue weighted by atomic mass is 16.5. The van der Waals surface area contributed by atoms with Gasteiger partial charge in [-0.1, -0.05) is 18.2 Å². The van der Waals surface area contributed by atoms with Gasteiger partial charge in [0, 0.05) is 23.4 Å².